The highest BCUT2D eigenvalue weighted by molar-refractivity contribution is 5.62. The zero-order valence-electron chi connectivity index (χ0n) is 18.4. The largest absolute Gasteiger partial charge is 0.376 e. The SMILES string of the molecule is CC1(C)CC(CCNc2cncc(-c3cc(C#N)ccc3F)n2)(c2ccccc2)CCO1. The van der Waals surface area contributed by atoms with Gasteiger partial charge in [0, 0.05) is 24.1 Å². The zero-order valence-corrected chi connectivity index (χ0v) is 18.4. The number of hydrogen-bond acceptors (Lipinski definition) is 5. The summed E-state index contributed by atoms with van der Waals surface area (Å²) in [6.07, 6.45) is 5.95. The Hall–Kier alpha value is -3.30. The van der Waals surface area contributed by atoms with Gasteiger partial charge >= 0.3 is 0 Å². The lowest BCUT2D eigenvalue weighted by Crippen LogP contribution is -2.44. The Morgan fingerprint density at radius 3 is 2.72 bits per heavy atom. The Bertz CT molecular complexity index is 1130. The summed E-state index contributed by atoms with van der Waals surface area (Å²) < 4.78 is 20.3. The lowest BCUT2D eigenvalue weighted by Gasteiger charge is -2.45. The van der Waals surface area contributed by atoms with Crippen LogP contribution >= 0.6 is 0 Å². The van der Waals surface area contributed by atoms with Crippen LogP contribution in [-0.4, -0.2) is 28.7 Å². The summed E-state index contributed by atoms with van der Waals surface area (Å²) in [5.74, 6) is 0.154. The van der Waals surface area contributed by atoms with E-state index in [0.717, 1.165) is 25.9 Å². The number of hydrogen-bond donors (Lipinski definition) is 1. The van der Waals surface area contributed by atoms with Crippen molar-refractivity contribution in [2.75, 3.05) is 18.5 Å². The van der Waals surface area contributed by atoms with Gasteiger partial charge in [-0.25, -0.2) is 9.37 Å². The van der Waals surface area contributed by atoms with Gasteiger partial charge in [-0.05, 0) is 56.9 Å². The van der Waals surface area contributed by atoms with Crippen molar-refractivity contribution < 1.29 is 9.13 Å². The fourth-order valence-electron chi connectivity index (χ4n) is 4.67. The van der Waals surface area contributed by atoms with Crippen molar-refractivity contribution in [3.63, 3.8) is 0 Å². The highest BCUT2D eigenvalue weighted by Crippen LogP contribution is 2.43. The third-order valence-corrected chi connectivity index (χ3v) is 6.14. The van der Waals surface area contributed by atoms with Gasteiger partial charge in [0.25, 0.3) is 0 Å². The smallest absolute Gasteiger partial charge is 0.145 e. The minimum Gasteiger partial charge on any atom is -0.376 e. The number of rotatable bonds is 6. The van der Waals surface area contributed by atoms with E-state index >= 15 is 0 Å². The van der Waals surface area contributed by atoms with Gasteiger partial charge in [-0.3, -0.25) is 4.98 Å². The van der Waals surface area contributed by atoms with Crippen LogP contribution in [0.4, 0.5) is 10.2 Å². The lowest BCUT2D eigenvalue weighted by atomic mass is 9.67. The van der Waals surface area contributed by atoms with Crippen molar-refractivity contribution >= 4 is 5.82 Å². The Balaban J connectivity index is 1.52. The molecule has 1 aliphatic rings. The number of nitriles is 1. The lowest BCUT2D eigenvalue weighted by molar-refractivity contribution is -0.0835. The molecule has 1 fully saturated rings. The maximum Gasteiger partial charge on any atom is 0.145 e. The van der Waals surface area contributed by atoms with Crippen LogP contribution in [0.25, 0.3) is 11.3 Å². The van der Waals surface area contributed by atoms with Gasteiger partial charge in [0.05, 0.1) is 35.3 Å². The second kappa shape index (κ2) is 9.05. The van der Waals surface area contributed by atoms with Gasteiger partial charge in [0.1, 0.15) is 11.6 Å². The molecule has 1 unspecified atom stereocenters. The summed E-state index contributed by atoms with van der Waals surface area (Å²) >= 11 is 0. The summed E-state index contributed by atoms with van der Waals surface area (Å²) in [6, 6.07) is 16.9. The maximum absolute atomic E-state index is 14.3. The van der Waals surface area contributed by atoms with E-state index in [1.54, 1.807) is 6.20 Å². The molecule has 5 nitrogen and oxygen atoms in total. The number of ether oxygens (including phenoxy) is 1. The van der Waals surface area contributed by atoms with Crippen LogP contribution in [0.2, 0.25) is 0 Å². The summed E-state index contributed by atoms with van der Waals surface area (Å²) in [5, 5.41) is 12.5. The third-order valence-electron chi connectivity index (χ3n) is 6.14. The zero-order chi connectivity index (χ0) is 22.6. The van der Waals surface area contributed by atoms with Crippen LogP contribution in [0.15, 0.2) is 60.9 Å². The van der Waals surface area contributed by atoms with Crippen molar-refractivity contribution in [3.8, 4) is 17.3 Å². The molecule has 1 N–H and O–H groups in total. The average molecular weight is 431 g/mol. The quantitative estimate of drug-likeness (QED) is 0.560. The third kappa shape index (κ3) is 4.79. The molecule has 6 heteroatoms. The molecule has 0 amide bonds. The van der Waals surface area contributed by atoms with Gasteiger partial charge in [-0.1, -0.05) is 30.3 Å². The molecule has 1 aliphatic heterocycles. The summed E-state index contributed by atoms with van der Waals surface area (Å²) in [6.45, 7) is 5.72. The molecule has 0 spiro atoms. The van der Waals surface area contributed by atoms with Gasteiger partial charge in [-0.15, -0.1) is 0 Å². The van der Waals surface area contributed by atoms with Crippen LogP contribution in [0, 0.1) is 17.1 Å². The molecule has 32 heavy (non-hydrogen) atoms. The summed E-state index contributed by atoms with van der Waals surface area (Å²) in [5.41, 5.74) is 2.20. The highest BCUT2D eigenvalue weighted by Gasteiger charge is 2.41. The average Bonchev–Trinajstić information content (AvgIpc) is 2.79. The molecule has 3 aromatic rings. The molecule has 1 atom stereocenters. The first-order valence-corrected chi connectivity index (χ1v) is 10.9. The first kappa shape index (κ1) is 21.9. The molecule has 1 saturated heterocycles. The summed E-state index contributed by atoms with van der Waals surface area (Å²) in [4.78, 5) is 8.77. The number of halogens is 1. The van der Waals surface area contributed by atoms with Gasteiger partial charge in [0.15, 0.2) is 0 Å². The molecule has 0 saturated carbocycles. The molecular formula is C26H27FN4O. The van der Waals surface area contributed by atoms with E-state index in [-0.39, 0.29) is 16.6 Å². The van der Waals surface area contributed by atoms with Crippen LogP contribution in [0.3, 0.4) is 0 Å². The molecule has 164 valence electrons. The Morgan fingerprint density at radius 1 is 1.16 bits per heavy atom. The molecule has 1 aromatic heterocycles. The molecule has 2 aromatic carbocycles. The normalized spacial score (nSPS) is 19.8. The first-order chi connectivity index (χ1) is 15.4. The second-order valence-corrected chi connectivity index (χ2v) is 8.95. The Labute approximate surface area is 188 Å². The van der Waals surface area contributed by atoms with E-state index in [9.17, 15) is 4.39 Å². The molecule has 2 heterocycles. The second-order valence-electron chi connectivity index (χ2n) is 8.95. The monoisotopic (exact) mass is 430 g/mol. The van der Waals surface area contributed by atoms with Gasteiger partial charge in [-0.2, -0.15) is 5.26 Å². The van der Waals surface area contributed by atoms with Crippen molar-refractivity contribution in [1.29, 1.82) is 5.26 Å². The number of nitrogens with one attached hydrogen (secondary N) is 1. The van der Waals surface area contributed by atoms with Crippen molar-refractivity contribution in [2.45, 2.75) is 44.1 Å². The molecule has 0 aliphatic carbocycles. The Morgan fingerprint density at radius 2 is 1.97 bits per heavy atom. The topological polar surface area (TPSA) is 70.8 Å². The predicted octanol–water partition coefficient (Wildman–Crippen LogP) is 5.48. The van der Waals surface area contributed by atoms with E-state index < -0.39 is 5.82 Å². The number of anilines is 1. The number of benzene rings is 2. The van der Waals surface area contributed by atoms with E-state index in [1.165, 1.54) is 30.0 Å². The standard InChI is InChI=1S/C26H27FN4O/c1-25(2)18-26(11-13-32-25,20-6-4-3-5-7-20)10-12-30-24-17-29-16-23(31-24)21-14-19(15-28)8-9-22(21)27/h3-9,14,16-17H,10-13,18H2,1-2H3,(H,30,31). The molecule has 4 rings (SSSR count). The van der Waals surface area contributed by atoms with Crippen LogP contribution < -0.4 is 5.32 Å². The van der Waals surface area contributed by atoms with E-state index in [0.29, 0.717) is 23.6 Å². The minimum absolute atomic E-state index is 0.00822. The Kier molecular flexibility index (Phi) is 6.20. The highest BCUT2D eigenvalue weighted by atomic mass is 19.1. The van der Waals surface area contributed by atoms with E-state index in [2.05, 4.69) is 53.4 Å². The molecular weight excluding hydrogens is 403 g/mol. The van der Waals surface area contributed by atoms with Crippen molar-refractivity contribution in [3.05, 3.63) is 77.9 Å². The van der Waals surface area contributed by atoms with Gasteiger partial charge in [0.2, 0.25) is 0 Å². The summed E-state index contributed by atoms with van der Waals surface area (Å²) in [7, 11) is 0. The van der Waals surface area contributed by atoms with Crippen molar-refractivity contribution in [2.24, 2.45) is 0 Å². The van der Waals surface area contributed by atoms with Crippen LogP contribution in [0.1, 0.15) is 44.2 Å². The number of aromatic nitrogens is 2. The fraction of sp³-hybridized carbons (Fsp3) is 0.346. The van der Waals surface area contributed by atoms with Crippen molar-refractivity contribution in [1.82, 2.24) is 9.97 Å². The van der Waals surface area contributed by atoms with Crippen LogP contribution in [-0.2, 0) is 10.2 Å². The number of nitrogens with zero attached hydrogens (tertiary/aromatic N) is 3. The van der Waals surface area contributed by atoms with E-state index in [4.69, 9.17) is 10.00 Å². The molecule has 0 radical (unpaired) electrons. The maximum atomic E-state index is 14.3. The first-order valence-electron chi connectivity index (χ1n) is 10.9. The fourth-order valence-corrected chi connectivity index (χ4v) is 4.67. The predicted molar refractivity (Wildman–Crippen MR) is 123 cm³/mol. The van der Waals surface area contributed by atoms with E-state index in [1.807, 2.05) is 12.1 Å². The minimum atomic E-state index is -0.428. The van der Waals surface area contributed by atoms with Crippen LogP contribution in [0.5, 0.6) is 0 Å². The molecule has 0 bridgehead atoms. The van der Waals surface area contributed by atoms with Gasteiger partial charge < -0.3 is 10.1 Å².